The molecule has 5 heteroatoms. The van der Waals surface area contributed by atoms with E-state index in [9.17, 15) is 4.79 Å². The zero-order chi connectivity index (χ0) is 11.8. The molecular formula is C12H15N3O2. The summed E-state index contributed by atoms with van der Waals surface area (Å²) in [7, 11) is 0. The molecule has 1 aromatic carbocycles. The highest BCUT2D eigenvalue weighted by Crippen LogP contribution is 2.18. The quantitative estimate of drug-likeness (QED) is 0.763. The molecule has 0 radical (unpaired) electrons. The highest BCUT2D eigenvalue weighted by molar-refractivity contribution is 5.78. The first-order valence-corrected chi connectivity index (χ1v) is 5.84. The number of rotatable bonds is 2. The average Bonchev–Trinajstić information content (AvgIpc) is 2.90. The van der Waals surface area contributed by atoms with Crippen molar-refractivity contribution in [2.24, 2.45) is 0 Å². The Hall–Kier alpha value is -1.75. The van der Waals surface area contributed by atoms with E-state index in [4.69, 9.17) is 10.5 Å². The second kappa shape index (κ2) is 3.92. The van der Waals surface area contributed by atoms with Crippen molar-refractivity contribution in [2.75, 3.05) is 12.3 Å². The van der Waals surface area contributed by atoms with Gasteiger partial charge in [0.25, 0.3) is 0 Å². The number of ether oxygens (including phenoxy) is 1. The van der Waals surface area contributed by atoms with Gasteiger partial charge in [-0.25, -0.2) is 4.79 Å². The number of H-pyrrole nitrogens is 1. The van der Waals surface area contributed by atoms with E-state index in [-0.39, 0.29) is 11.8 Å². The van der Waals surface area contributed by atoms with Crippen molar-refractivity contribution in [1.82, 2.24) is 9.55 Å². The molecular weight excluding hydrogens is 218 g/mol. The summed E-state index contributed by atoms with van der Waals surface area (Å²) in [6.45, 7) is 1.40. The maximum Gasteiger partial charge on any atom is 0.326 e. The minimum Gasteiger partial charge on any atom is -0.399 e. The fourth-order valence-corrected chi connectivity index (χ4v) is 2.34. The maximum atomic E-state index is 11.8. The van der Waals surface area contributed by atoms with Gasteiger partial charge in [-0.05, 0) is 31.0 Å². The molecule has 1 aliphatic rings. The molecule has 0 spiro atoms. The second-order valence-corrected chi connectivity index (χ2v) is 4.45. The van der Waals surface area contributed by atoms with Crippen LogP contribution in [-0.4, -0.2) is 22.3 Å². The van der Waals surface area contributed by atoms with Crippen molar-refractivity contribution in [3.05, 3.63) is 28.7 Å². The van der Waals surface area contributed by atoms with Gasteiger partial charge in [0.05, 0.1) is 23.7 Å². The molecule has 1 aromatic heterocycles. The summed E-state index contributed by atoms with van der Waals surface area (Å²) < 4.78 is 7.27. The Morgan fingerprint density at radius 2 is 2.41 bits per heavy atom. The maximum absolute atomic E-state index is 11.8. The molecule has 1 saturated heterocycles. The van der Waals surface area contributed by atoms with Gasteiger partial charge in [0.1, 0.15) is 0 Å². The fourth-order valence-electron chi connectivity index (χ4n) is 2.34. The molecule has 0 bridgehead atoms. The van der Waals surface area contributed by atoms with E-state index < -0.39 is 0 Å². The first-order chi connectivity index (χ1) is 8.24. The summed E-state index contributed by atoms with van der Waals surface area (Å²) in [4.78, 5) is 14.7. The number of hydrogen-bond donors (Lipinski definition) is 2. The molecule has 0 saturated carbocycles. The summed E-state index contributed by atoms with van der Waals surface area (Å²) in [5.74, 6) is 0. The molecule has 3 N–H and O–H groups in total. The number of nitrogen functional groups attached to an aromatic ring is 1. The standard InChI is InChI=1S/C12H15N3O2/c13-8-3-4-10-11(6-8)15(12(16)14-10)7-9-2-1-5-17-9/h3-4,6,9H,1-2,5,7,13H2,(H,14,16). The van der Waals surface area contributed by atoms with Crippen molar-refractivity contribution in [1.29, 1.82) is 0 Å². The highest BCUT2D eigenvalue weighted by atomic mass is 16.5. The third-order valence-electron chi connectivity index (χ3n) is 3.21. The van der Waals surface area contributed by atoms with Crippen LogP contribution < -0.4 is 11.4 Å². The summed E-state index contributed by atoms with van der Waals surface area (Å²) in [6, 6.07) is 5.44. The predicted molar refractivity (Wildman–Crippen MR) is 65.9 cm³/mol. The van der Waals surface area contributed by atoms with Crippen molar-refractivity contribution in [3.8, 4) is 0 Å². The van der Waals surface area contributed by atoms with E-state index >= 15 is 0 Å². The molecule has 0 amide bonds. The summed E-state index contributed by atoms with van der Waals surface area (Å²) in [5.41, 5.74) is 7.99. The molecule has 90 valence electrons. The van der Waals surface area contributed by atoms with Crippen LogP contribution in [0.1, 0.15) is 12.8 Å². The first-order valence-electron chi connectivity index (χ1n) is 5.84. The van der Waals surface area contributed by atoms with Gasteiger partial charge in [-0.15, -0.1) is 0 Å². The molecule has 2 heterocycles. The molecule has 1 atom stereocenters. The molecule has 3 rings (SSSR count). The van der Waals surface area contributed by atoms with Gasteiger partial charge >= 0.3 is 5.69 Å². The lowest BCUT2D eigenvalue weighted by molar-refractivity contribution is 0.0972. The Kier molecular flexibility index (Phi) is 2.40. The van der Waals surface area contributed by atoms with E-state index in [2.05, 4.69) is 4.98 Å². The second-order valence-electron chi connectivity index (χ2n) is 4.45. The molecule has 5 nitrogen and oxygen atoms in total. The number of hydrogen-bond acceptors (Lipinski definition) is 3. The predicted octanol–water partition coefficient (Wildman–Crippen LogP) is 1.09. The lowest BCUT2D eigenvalue weighted by Crippen LogP contribution is -2.24. The Morgan fingerprint density at radius 1 is 1.53 bits per heavy atom. The Morgan fingerprint density at radius 3 is 3.18 bits per heavy atom. The van der Waals surface area contributed by atoms with Crippen molar-refractivity contribution in [3.63, 3.8) is 0 Å². The lowest BCUT2D eigenvalue weighted by atomic mass is 10.2. The van der Waals surface area contributed by atoms with Gasteiger partial charge in [0, 0.05) is 12.3 Å². The van der Waals surface area contributed by atoms with E-state index in [1.165, 1.54) is 0 Å². The van der Waals surface area contributed by atoms with Crippen LogP contribution in [0.3, 0.4) is 0 Å². The molecule has 1 unspecified atom stereocenters. The zero-order valence-corrected chi connectivity index (χ0v) is 9.48. The van der Waals surface area contributed by atoms with Crippen molar-refractivity contribution < 1.29 is 4.74 Å². The Bertz CT molecular complexity index is 593. The van der Waals surface area contributed by atoms with Gasteiger partial charge in [-0.3, -0.25) is 4.57 Å². The molecule has 17 heavy (non-hydrogen) atoms. The highest BCUT2D eigenvalue weighted by Gasteiger charge is 2.18. The summed E-state index contributed by atoms with van der Waals surface area (Å²) >= 11 is 0. The van der Waals surface area contributed by atoms with Crippen LogP contribution in [0.2, 0.25) is 0 Å². The number of nitrogens with two attached hydrogens (primary N) is 1. The number of aromatic nitrogens is 2. The van der Waals surface area contributed by atoms with Crippen LogP contribution in [0.4, 0.5) is 5.69 Å². The SMILES string of the molecule is Nc1ccc2[nH]c(=O)n(CC3CCCO3)c2c1. The smallest absolute Gasteiger partial charge is 0.326 e. The first kappa shape index (κ1) is 10.4. The Labute approximate surface area is 98.2 Å². The largest absolute Gasteiger partial charge is 0.399 e. The van der Waals surface area contributed by atoms with Crippen LogP contribution in [0.25, 0.3) is 11.0 Å². The van der Waals surface area contributed by atoms with Gasteiger partial charge in [-0.1, -0.05) is 0 Å². The molecule has 0 aliphatic carbocycles. The number of benzene rings is 1. The number of nitrogens with one attached hydrogen (secondary N) is 1. The lowest BCUT2D eigenvalue weighted by Gasteiger charge is -2.10. The molecule has 1 fully saturated rings. The number of nitrogens with zero attached hydrogens (tertiary/aromatic N) is 1. The van der Waals surface area contributed by atoms with Crippen LogP contribution in [-0.2, 0) is 11.3 Å². The zero-order valence-electron chi connectivity index (χ0n) is 9.48. The van der Waals surface area contributed by atoms with Crippen LogP contribution >= 0.6 is 0 Å². The number of aromatic amines is 1. The van der Waals surface area contributed by atoms with E-state index in [0.29, 0.717) is 12.2 Å². The van der Waals surface area contributed by atoms with E-state index in [1.54, 1.807) is 10.6 Å². The molecule has 2 aromatic rings. The van der Waals surface area contributed by atoms with E-state index in [0.717, 1.165) is 30.5 Å². The van der Waals surface area contributed by atoms with Gasteiger partial charge in [0.2, 0.25) is 0 Å². The van der Waals surface area contributed by atoms with Crippen LogP contribution in [0.5, 0.6) is 0 Å². The number of anilines is 1. The number of imidazole rings is 1. The summed E-state index contributed by atoms with van der Waals surface area (Å²) in [5, 5.41) is 0. The normalized spacial score (nSPS) is 20.1. The minimum absolute atomic E-state index is 0.0962. The van der Waals surface area contributed by atoms with Crippen molar-refractivity contribution >= 4 is 16.7 Å². The van der Waals surface area contributed by atoms with Crippen LogP contribution in [0.15, 0.2) is 23.0 Å². The molecule has 1 aliphatic heterocycles. The summed E-state index contributed by atoms with van der Waals surface area (Å²) in [6.07, 6.45) is 2.24. The number of fused-ring (bicyclic) bond motifs is 1. The van der Waals surface area contributed by atoms with Gasteiger partial charge < -0.3 is 15.5 Å². The average molecular weight is 233 g/mol. The van der Waals surface area contributed by atoms with Gasteiger partial charge in [-0.2, -0.15) is 0 Å². The monoisotopic (exact) mass is 233 g/mol. The van der Waals surface area contributed by atoms with Crippen LogP contribution in [0, 0.1) is 0 Å². The third kappa shape index (κ3) is 1.82. The topological polar surface area (TPSA) is 73.0 Å². The fraction of sp³-hybridized carbons (Fsp3) is 0.417. The van der Waals surface area contributed by atoms with Crippen molar-refractivity contribution in [2.45, 2.75) is 25.5 Å². The van der Waals surface area contributed by atoms with Gasteiger partial charge in [0.15, 0.2) is 0 Å². The third-order valence-corrected chi connectivity index (χ3v) is 3.21. The Balaban J connectivity index is 2.04. The minimum atomic E-state index is -0.0962. The van der Waals surface area contributed by atoms with E-state index in [1.807, 2.05) is 12.1 Å².